The molecule has 0 spiro atoms. The fourth-order valence-corrected chi connectivity index (χ4v) is 5.69. The minimum Gasteiger partial charge on any atom is -0.322 e. The van der Waals surface area contributed by atoms with Crippen molar-refractivity contribution >= 4 is 17.8 Å². The lowest BCUT2D eigenvalue weighted by atomic mass is 9.93. The summed E-state index contributed by atoms with van der Waals surface area (Å²) in [5, 5.41) is 7.37. The Kier molecular flexibility index (Phi) is 7.30. The summed E-state index contributed by atoms with van der Waals surface area (Å²) in [4.78, 5) is 28.2. The first-order valence-electron chi connectivity index (χ1n) is 14.0. The van der Waals surface area contributed by atoms with E-state index in [-0.39, 0.29) is 24.2 Å². The average molecular weight is 537 g/mol. The highest BCUT2D eigenvalue weighted by molar-refractivity contribution is 6.04. The number of Topliss-reactive ketones (excluding diaryl/α,β-unsaturated/α-hetero) is 1. The van der Waals surface area contributed by atoms with Crippen LogP contribution in [0, 0.1) is 0 Å². The van der Waals surface area contributed by atoms with Crippen LogP contribution in [0.2, 0.25) is 0 Å². The first kappa shape index (κ1) is 26.1. The Morgan fingerprint density at radius 1 is 1.12 bits per heavy atom. The Morgan fingerprint density at radius 2 is 1.93 bits per heavy atom. The van der Waals surface area contributed by atoms with Crippen molar-refractivity contribution in [2.75, 3.05) is 13.1 Å². The predicted molar refractivity (Wildman–Crippen MR) is 153 cm³/mol. The van der Waals surface area contributed by atoms with Gasteiger partial charge in [0.25, 0.3) is 5.91 Å². The number of nitrogens with one attached hydrogen (secondary N) is 1. The highest BCUT2D eigenvalue weighted by Crippen LogP contribution is 2.33. The van der Waals surface area contributed by atoms with Gasteiger partial charge in [-0.05, 0) is 60.1 Å². The van der Waals surface area contributed by atoms with Gasteiger partial charge in [-0.15, -0.1) is 0 Å². The number of carbonyl (C=O) groups excluding carboxylic acids is 2. The summed E-state index contributed by atoms with van der Waals surface area (Å²) in [5.74, 6) is -0.205. The maximum Gasteiger partial charge on any atom is 0.258 e. The van der Waals surface area contributed by atoms with Crippen LogP contribution in [-0.2, 0) is 17.8 Å². The molecular formula is C33H33FN4O2. The number of halogens is 1. The minimum atomic E-state index is -0.673. The van der Waals surface area contributed by atoms with Gasteiger partial charge in [-0.3, -0.25) is 19.2 Å². The molecule has 1 saturated heterocycles. The monoisotopic (exact) mass is 536 g/mol. The molecule has 1 atom stereocenters. The van der Waals surface area contributed by atoms with Crippen LogP contribution in [0.4, 0.5) is 4.39 Å². The zero-order valence-electron chi connectivity index (χ0n) is 22.6. The number of piperidine rings is 1. The number of amides is 1. The molecule has 2 heterocycles. The molecule has 1 amide bonds. The number of carbonyl (C=O) groups is 2. The zero-order valence-corrected chi connectivity index (χ0v) is 22.6. The van der Waals surface area contributed by atoms with Crippen LogP contribution in [-0.4, -0.2) is 45.6 Å². The number of alkyl halides is 1. The molecule has 6 rings (SSSR count). The molecule has 2 aliphatic carbocycles. The Balaban J connectivity index is 1.13. The summed E-state index contributed by atoms with van der Waals surface area (Å²) in [5.41, 5.74) is 7.33. The fraction of sp³-hybridized carbons (Fsp3) is 0.303. The van der Waals surface area contributed by atoms with E-state index in [1.165, 1.54) is 11.1 Å². The third kappa shape index (κ3) is 5.61. The molecule has 3 aromatic rings. The van der Waals surface area contributed by atoms with Crippen molar-refractivity contribution in [2.45, 2.75) is 51.4 Å². The highest BCUT2D eigenvalue weighted by Gasteiger charge is 2.25. The molecule has 7 heteroatoms. The van der Waals surface area contributed by atoms with Gasteiger partial charge in [-0.2, -0.15) is 5.10 Å². The van der Waals surface area contributed by atoms with E-state index in [1.54, 1.807) is 29.2 Å². The highest BCUT2D eigenvalue weighted by atomic mass is 19.1. The molecule has 2 aromatic carbocycles. The third-order valence-corrected chi connectivity index (χ3v) is 8.10. The van der Waals surface area contributed by atoms with Crippen LogP contribution in [0.1, 0.15) is 64.8 Å². The number of nitrogens with zero attached hydrogens (tertiary/aromatic N) is 3. The molecule has 1 aliphatic heterocycles. The first-order valence-corrected chi connectivity index (χ1v) is 14.0. The number of allylic oxidation sites excluding steroid dienone is 4. The van der Waals surface area contributed by atoms with Crippen molar-refractivity contribution < 1.29 is 14.0 Å². The Bertz CT molecular complexity index is 1530. The van der Waals surface area contributed by atoms with Gasteiger partial charge in [0.1, 0.15) is 6.17 Å². The molecule has 204 valence electrons. The van der Waals surface area contributed by atoms with Gasteiger partial charge in [-0.25, -0.2) is 4.39 Å². The van der Waals surface area contributed by atoms with Crippen molar-refractivity contribution in [1.82, 2.24) is 20.0 Å². The third-order valence-electron chi connectivity index (χ3n) is 8.10. The summed E-state index contributed by atoms with van der Waals surface area (Å²) >= 11 is 0. The first-order chi connectivity index (χ1) is 19.4. The van der Waals surface area contributed by atoms with E-state index in [1.807, 2.05) is 37.3 Å². The predicted octanol–water partition coefficient (Wildman–Crippen LogP) is 5.58. The topological polar surface area (TPSA) is 67.2 Å². The number of ketones is 1. The van der Waals surface area contributed by atoms with Gasteiger partial charge in [0, 0.05) is 43.5 Å². The second kappa shape index (κ2) is 11.2. The number of fused-ring (bicyclic) bond motifs is 1. The van der Waals surface area contributed by atoms with E-state index in [0.717, 1.165) is 36.3 Å². The van der Waals surface area contributed by atoms with Crippen molar-refractivity contribution in [3.05, 3.63) is 118 Å². The van der Waals surface area contributed by atoms with E-state index in [2.05, 4.69) is 39.6 Å². The van der Waals surface area contributed by atoms with Crippen LogP contribution >= 0.6 is 0 Å². The van der Waals surface area contributed by atoms with E-state index in [4.69, 9.17) is 0 Å². The molecule has 0 saturated carbocycles. The van der Waals surface area contributed by atoms with Crippen LogP contribution in [0.3, 0.4) is 0 Å². The van der Waals surface area contributed by atoms with E-state index < -0.39 is 6.17 Å². The molecule has 0 bridgehead atoms. The van der Waals surface area contributed by atoms with Gasteiger partial charge in [0.05, 0.1) is 17.8 Å². The largest absolute Gasteiger partial charge is 0.322 e. The van der Waals surface area contributed by atoms with E-state index in [9.17, 15) is 14.0 Å². The Labute approximate surface area is 233 Å². The summed E-state index contributed by atoms with van der Waals surface area (Å²) < 4.78 is 15.3. The molecule has 1 fully saturated rings. The molecule has 6 nitrogen and oxygen atoms in total. The Morgan fingerprint density at radius 3 is 2.73 bits per heavy atom. The van der Waals surface area contributed by atoms with Gasteiger partial charge in [0.15, 0.2) is 5.78 Å². The molecule has 1 N–H and O–H groups in total. The van der Waals surface area contributed by atoms with Gasteiger partial charge >= 0.3 is 0 Å². The normalized spacial score (nSPS) is 18.6. The maximum atomic E-state index is 13.5. The summed E-state index contributed by atoms with van der Waals surface area (Å²) in [6, 6.07) is 16.5. The summed E-state index contributed by atoms with van der Waals surface area (Å²) in [6.45, 7) is 4.42. The van der Waals surface area contributed by atoms with Crippen LogP contribution < -0.4 is 5.32 Å². The van der Waals surface area contributed by atoms with Crippen molar-refractivity contribution in [3.63, 3.8) is 0 Å². The lowest BCUT2D eigenvalue weighted by molar-refractivity contribution is -0.114. The molecule has 0 radical (unpaired) electrons. The maximum absolute atomic E-state index is 13.5. The number of aromatic nitrogens is 2. The molecular weight excluding hydrogens is 503 g/mol. The summed E-state index contributed by atoms with van der Waals surface area (Å²) in [7, 11) is 0. The SMILES string of the molecule is C[C@@H](c1ccccc1)n1cc(C(=O)NC2=CCC(=O)C(C3=Cc4cc(CN5CCC(F)CC5)ccc4C3)=C2)cn1. The van der Waals surface area contributed by atoms with Crippen LogP contribution in [0.25, 0.3) is 6.08 Å². The molecule has 40 heavy (non-hydrogen) atoms. The van der Waals surface area contributed by atoms with Crippen molar-refractivity contribution in [2.24, 2.45) is 0 Å². The second-order valence-corrected chi connectivity index (χ2v) is 10.9. The quantitative estimate of drug-likeness (QED) is 0.428. The zero-order chi connectivity index (χ0) is 27.6. The minimum absolute atomic E-state index is 0.000398. The molecule has 0 unspecified atom stereocenters. The molecule has 1 aromatic heterocycles. The number of benzene rings is 2. The number of rotatable bonds is 7. The lowest BCUT2D eigenvalue weighted by Gasteiger charge is -2.28. The number of likely N-dealkylation sites (tertiary alicyclic amines) is 1. The van der Waals surface area contributed by atoms with Crippen molar-refractivity contribution in [3.8, 4) is 0 Å². The second-order valence-electron chi connectivity index (χ2n) is 10.9. The Hall–Kier alpha value is -4.10. The van der Waals surface area contributed by atoms with Crippen LogP contribution in [0.5, 0.6) is 0 Å². The number of hydrogen-bond acceptors (Lipinski definition) is 4. The number of hydrogen-bond donors (Lipinski definition) is 1. The fourth-order valence-electron chi connectivity index (χ4n) is 5.69. The summed E-state index contributed by atoms with van der Waals surface area (Å²) in [6.07, 6.45) is 10.4. The molecule has 3 aliphatic rings. The van der Waals surface area contributed by atoms with Crippen molar-refractivity contribution in [1.29, 1.82) is 0 Å². The van der Waals surface area contributed by atoms with Gasteiger partial charge < -0.3 is 5.32 Å². The van der Waals surface area contributed by atoms with Crippen LogP contribution in [0.15, 0.2) is 89.9 Å². The van der Waals surface area contributed by atoms with E-state index in [0.29, 0.717) is 36.1 Å². The smallest absolute Gasteiger partial charge is 0.258 e. The van der Waals surface area contributed by atoms with Gasteiger partial charge in [-0.1, -0.05) is 60.7 Å². The standard InChI is InChI=1S/C33H33FN4O2/c1-22(24-5-3-2-4-6-24)38-21-28(19-35-38)33(40)36-30-9-10-32(39)31(18-30)27-16-25-8-7-23(15-26(25)17-27)20-37-13-11-29(34)12-14-37/h2-9,15,17-19,21-22,29H,10-14,16,20H2,1H3,(H,36,40)/t22-/m0/s1. The van der Waals surface area contributed by atoms with E-state index >= 15 is 0 Å². The van der Waals surface area contributed by atoms with Gasteiger partial charge in [0.2, 0.25) is 0 Å². The lowest BCUT2D eigenvalue weighted by Crippen LogP contribution is -2.33. The average Bonchev–Trinajstić information content (AvgIpc) is 3.63.